The molecule has 0 aliphatic heterocycles. The first-order valence-corrected chi connectivity index (χ1v) is 9.10. The zero-order chi connectivity index (χ0) is 16.4. The number of carbonyl (C=O) groups excluding carboxylic acids is 1. The fourth-order valence-electron chi connectivity index (χ4n) is 3.19. The van der Waals surface area contributed by atoms with E-state index >= 15 is 0 Å². The Balaban J connectivity index is 1.62. The molecule has 1 aromatic carbocycles. The molecule has 0 saturated heterocycles. The smallest absolute Gasteiger partial charge is 0.234 e. The van der Waals surface area contributed by atoms with Crippen LogP contribution in [0.25, 0.3) is 0 Å². The highest BCUT2D eigenvalue weighted by atomic mass is 32.2. The van der Waals surface area contributed by atoms with Crippen LogP contribution in [-0.4, -0.2) is 21.4 Å². The van der Waals surface area contributed by atoms with Gasteiger partial charge in [0.25, 0.3) is 0 Å². The van der Waals surface area contributed by atoms with Gasteiger partial charge in [0.1, 0.15) is 0 Å². The van der Waals surface area contributed by atoms with Crippen LogP contribution >= 0.6 is 11.8 Å². The van der Waals surface area contributed by atoms with E-state index in [4.69, 9.17) is 0 Å². The van der Waals surface area contributed by atoms with Crippen molar-refractivity contribution >= 4 is 23.4 Å². The molecule has 0 radical (unpaired) electrons. The van der Waals surface area contributed by atoms with Gasteiger partial charge in [-0.15, -0.1) is 11.8 Å². The first kappa shape index (κ1) is 16.1. The maximum absolute atomic E-state index is 12.3. The molecule has 5 heteroatoms. The number of aromatic nitrogens is 2. The minimum Gasteiger partial charge on any atom is -0.322 e. The average Bonchev–Trinajstić information content (AvgIpc) is 2.79. The molecule has 4 nitrogen and oxygen atoms in total. The van der Waals surface area contributed by atoms with Crippen LogP contribution < -0.4 is 5.32 Å². The normalized spacial score (nSPS) is 16.9. The number of thioether (sulfide) groups is 1. The number of benzene rings is 1. The van der Waals surface area contributed by atoms with Gasteiger partial charge < -0.3 is 5.32 Å². The van der Waals surface area contributed by atoms with Gasteiger partial charge in [-0.2, -0.15) is 5.10 Å². The van der Waals surface area contributed by atoms with Gasteiger partial charge in [-0.1, -0.05) is 24.3 Å². The van der Waals surface area contributed by atoms with E-state index in [0.717, 1.165) is 29.9 Å². The molecule has 1 aliphatic rings. The van der Waals surface area contributed by atoms with Gasteiger partial charge >= 0.3 is 0 Å². The number of amides is 1. The number of fused-ring (bicyclic) bond motifs is 1. The minimum atomic E-state index is 0.0530. The lowest BCUT2D eigenvalue weighted by Crippen LogP contribution is -2.17. The predicted octanol–water partition coefficient (Wildman–Crippen LogP) is 3.79. The van der Waals surface area contributed by atoms with E-state index in [-0.39, 0.29) is 5.91 Å². The van der Waals surface area contributed by atoms with E-state index in [9.17, 15) is 4.79 Å². The quantitative estimate of drug-likeness (QED) is 0.928. The molecule has 2 aromatic rings. The fraction of sp³-hybridized carbons (Fsp3) is 0.444. The highest BCUT2D eigenvalue weighted by Crippen LogP contribution is 2.39. The van der Waals surface area contributed by atoms with Gasteiger partial charge in [0.2, 0.25) is 5.91 Å². The van der Waals surface area contributed by atoms with Gasteiger partial charge in [-0.3, -0.25) is 9.48 Å². The van der Waals surface area contributed by atoms with Crippen LogP contribution in [0.3, 0.4) is 0 Å². The van der Waals surface area contributed by atoms with E-state index in [1.54, 1.807) is 16.4 Å². The summed E-state index contributed by atoms with van der Waals surface area (Å²) in [5, 5.41) is 7.79. The molecule has 1 aliphatic carbocycles. The predicted molar refractivity (Wildman–Crippen MR) is 95.9 cm³/mol. The topological polar surface area (TPSA) is 46.9 Å². The van der Waals surface area contributed by atoms with Crippen LogP contribution in [0.1, 0.15) is 40.6 Å². The van der Waals surface area contributed by atoms with Crippen molar-refractivity contribution in [1.29, 1.82) is 0 Å². The zero-order valence-electron chi connectivity index (χ0n) is 13.9. The summed E-state index contributed by atoms with van der Waals surface area (Å²) in [6.45, 7) is 3.90. The summed E-state index contributed by atoms with van der Waals surface area (Å²) in [6.07, 6.45) is 3.52. The largest absolute Gasteiger partial charge is 0.322 e. The molecule has 1 heterocycles. The second-order valence-corrected chi connectivity index (χ2v) is 7.30. The fourth-order valence-corrected chi connectivity index (χ4v) is 4.36. The molecule has 0 fully saturated rings. The number of carbonyl (C=O) groups is 1. The lowest BCUT2D eigenvalue weighted by atomic mass is 9.91. The number of nitrogens with zero attached hydrogens (tertiary/aromatic N) is 2. The third kappa shape index (κ3) is 3.44. The molecule has 0 saturated carbocycles. The van der Waals surface area contributed by atoms with E-state index < -0.39 is 0 Å². The van der Waals surface area contributed by atoms with Crippen LogP contribution in [0, 0.1) is 13.8 Å². The molecular weight excluding hydrogens is 306 g/mol. The molecule has 1 atom stereocenters. The summed E-state index contributed by atoms with van der Waals surface area (Å²) in [5.41, 5.74) is 5.55. The van der Waals surface area contributed by atoms with Crippen molar-refractivity contribution in [3.05, 3.63) is 46.8 Å². The number of nitrogens with one attached hydrogen (secondary N) is 1. The van der Waals surface area contributed by atoms with Crippen LogP contribution in [0.4, 0.5) is 5.69 Å². The summed E-state index contributed by atoms with van der Waals surface area (Å²) < 4.78 is 1.80. The summed E-state index contributed by atoms with van der Waals surface area (Å²) >= 11 is 1.75. The van der Waals surface area contributed by atoms with Gasteiger partial charge in [-0.05, 0) is 44.2 Å². The highest BCUT2D eigenvalue weighted by Gasteiger charge is 2.21. The Morgan fingerprint density at radius 3 is 2.91 bits per heavy atom. The molecule has 122 valence electrons. The third-order valence-corrected chi connectivity index (χ3v) is 5.82. The number of rotatable bonds is 4. The Morgan fingerprint density at radius 1 is 1.39 bits per heavy atom. The summed E-state index contributed by atoms with van der Waals surface area (Å²) in [4.78, 5) is 12.3. The Morgan fingerprint density at radius 2 is 2.17 bits per heavy atom. The van der Waals surface area contributed by atoms with Gasteiger partial charge in [0, 0.05) is 12.3 Å². The molecule has 23 heavy (non-hydrogen) atoms. The van der Waals surface area contributed by atoms with Crippen molar-refractivity contribution in [3.63, 3.8) is 0 Å². The molecule has 0 unspecified atom stereocenters. The summed E-state index contributed by atoms with van der Waals surface area (Å²) in [6, 6.07) is 8.62. The molecule has 0 bridgehead atoms. The van der Waals surface area contributed by atoms with Crippen LogP contribution in [0.15, 0.2) is 24.3 Å². The Labute approximate surface area is 141 Å². The molecule has 0 spiro atoms. The minimum absolute atomic E-state index is 0.0530. The lowest BCUT2D eigenvalue weighted by Gasteiger charge is -2.24. The van der Waals surface area contributed by atoms with Crippen molar-refractivity contribution in [1.82, 2.24) is 9.78 Å². The van der Waals surface area contributed by atoms with Gasteiger partial charge in [0.05, 0.1) is 22.8 Å². The first-order chi connectivity index (χ1) is 11.1. The third-order valence-electron chi connectivity index (χ3n) is 4.50. The van der Waals surface area contributed by atoms with Crippen LogP contribution in [-0.2, 0) is 18.3 Å². The van der Waals surface area contributed by atoms with Crippen molar-refractivity contribution in [2.75, 3.05) is 11.1 Å². The summed E-state index contributed by atoms with van der Waals surface area (Å²) in [7, 11) is 1.89. The maximum Gasteiger partial charge on any atom is 0.234 e. The second-order valence-electron chi connectivity index (χ2n) is 6.11. The van der Waals surface area contributed by atoms with Crippen molar-refractivity contribution in [3.8, 4) is 0 Å². The second kappa shape index (κ2) is 6.79. The van der Waals surface area contributed by atoms with Crippen LogP contribution in [0.5, 0.6) is 0 Å². The lowest BCUT2D eigenvalue weighted by molar-refractivity contribution is -0.113. The Bertz CT molecular complexity index is 723. The van der Waals surface area contributed by atoms with Crippen molar-refractivity contribution in [2.45, 2.75) is 38.4 Å². The molecule has 1 N–H and O–H groups in total. The Hall–Kier alpha value is -1.75. The van der Waals surface area contributed by atoms with E-state index in [1.807, 2.05) is 20.9 Å². The van der Waals surface area contributed by atoms with E-state index in [0.29, 0.717) is 11.0 Å². The van der Waals surface area contributed by atoms with Gasteiger partial charge in [-0.25, -0.2) is 0 Å². The standard InChI is InChI=1S/C18H23N3OS/c1-12-18(13(2)21(3)20-12)19-17(22)11-23-16-10-6-8-14-7-4-5-9-15(14)16/h4-5,7,9,16H,6,8,10-11H2,1-3H3,(H,19,22)/t16-/m1/s1. The van der Waals surface area contributed by atoms with Crippen molar-refractivity contribution in [2.24, 2.45) is 7.05 Å². The Kier molecular flexibility index (Phi) is 4.76. The number of anilines is 1. The molecule has 3 rings (SSSR count). The molecule has 1 amide bonds. The zero-order valence-corrected chi connectivity index (χ0v) is 14.7. The van der Waals surface area contributed by atoms with Crippen molar-refractivity contribution < 1.29 is 4.79 Å². The van der Waals surface area contributed by atoms with Crippen LogP contribution in [0.2, 0.25) is 0 Å². The number of hydrogen-bond donors (Lipinski definition) is 1. The van der Waals surface area contributed by atoms with E-state index in [2.05, 4.69) is 34.7 Å². The first-order valence-electron chi connectivity index (χ1n) is 8.05. The van der Waals surface area contributed by atoms with Gasteiger partial charge in [0.15, 0.2) is 0 Å². The SMILES string of the molecule is Cc1nn(C)c(C)c1NC(=O)CS[C@@H]1CCCc2ccccc21. The summed E-state index contributed by atoms with van der Waals surface area (Å²) in [5.74, 6) is 0.532. The molecular formula is C18H23N3OS. The average molecular weight is 329 g/mol. The highest BCUT2D eigenvalue weighted by molar-refractivity contribution is 8.00. The number of aryl methyl sites for hydroxylation is 3. The molecule has 1 aromatic heterocycles. The monoisotopic (exact) mass is 329 g/mol. The number of hydrogen-bond acceptors (Lipinski definition) is 3. The van der Waals surface area contributed by atoms with E-state index in [1.165, 1.54) is 17.5 Å². The maximum atomic E-state index is 12.3.